The molecule has 5 aromatic carbocycles. The molecule has 0 aliphatic heterocycles. The molecule has 0 amide bonds. The lowest BCUT2D eigenvalue weighted by molar-refractivity contribution is 0.0357. The monoisotopic (exact) mass is 810 g/mol. The van der Waals surface area contributed by atoms with Crippen molar-refractivity contribution < 1.29 is 31.0 Å². The smallest absolute Gasteiger partial charge is 0.206 e. The van der Waals surface area contributed by atoms with Gasteiger partial charge in [0, 0.05) is 5.41 Å². The maximum absolute atomic E-state index is 13.6. The Morgan fingerprint density at radius 1 is 0.404 bits per heavy atom. The van der Waals surface area contributed by atoms with Crippen molar-refractivity contribution in [3.63, 3.8) is 0 Å². The maximum atomic E-state index is 13.6. The summed E-state index contributed by atoms with van der Waals surface area (Å²) in [6, 6.07) is 34.2. The molecule has 9 heteroatoms. The Morgan fingerprint density at radius 3 is 1.07 bits per heavy atom. The summed E-state index contributed by atoms with van der Waals surface area (Å²) in [5.41, 5.74) is 0.204. The highest BCUT2D eigenvalue weighted by molar-refractivity contribution is 7.91. The molecule has 0 aliphatic carbocycles. The predicted octanol–water partition coefficient (Wildman–Crippen LogP) is 12.2. The summed E-state index contributed by atoms with van der Waals surface area (Å²) in [5, 5.41) is 0. The van der Waals surface area contributed by atoms with Gasteiger partial charge in [-0.3, -0.25) is 0 Å². The van der Waals surface area contributed by atoms with Crippen LogP contribution in [0.2, 0.25) is 0 Å². The highest BCUT2D eigenvalue weighted by Crippen LogP contribution is 2.44. The molecule has 0 aromatic heterocycles. The van der Waals surface area contributed by atoms with Crippen LogP contribution >= 0.6 is 0 Å². The second-order valence-electron chi connectivity index (χ2n) is 17.9. The average molecular weight is 811 g/mol. The fraction of sp³-hybridized carbons (Fsp3) is 0.375. The van der Waals surface area contributed by atoms with Crippen LogP contribution in [-0.4, -0.2) is 28.0 Å². The molecule has 0 fully saturated rings. The minimum absolute atomic E-state index is 0.0398. The Balaban J connectivity index is 1.25. The molecule has 0 saturated carbocycles. The Morgan fingerprint density at radius 2 is 0.702 bits per heavy atom. The van der Waals surface area contributed by atoms with Crippen molar-refractivity contribution in [1.82, 2.24) is 0 Å². The molecule has 304 valence electrons. The number of ether oxygens (including phenoxy) is 3. The van der Waals surface area contributed by atoms with E-state index in [4.69, 9.17) is 14.2 Å². The van der Waals surface area contributed by atoms with Crippen LogP contribution in [0.5, 0.6) is 23.0 Å². The van der Waals surface area contributed by atoms with E-state index in [0.29, 0.717) is 17.2 Å². The first kappa shape index (κ1) is 43.5. The van der Waals surface area contributed by atoms with Gasteiger partial charge < -0.3 is 14.2 Å². The van der Waals surface area contributed by atoms with E-state index in [0.717, 1.165) is 23.3 Å². The zero-order valence-corrected chi connectivity index (χ0v) is 37.1. The summed E-state index contributed by atoms with van der Waals surface area (Å²) in [6.45, 7) is 25.0. The molecule has 0 unspecified atom stereocenters. The Bertz CT molecular complexity index is 2370. The first-order chi connectivity index (χ1) is 26.3. The molecular weight excluding hydrogens is 753 g/mol. The molecule has 0 atom stereocenters. The molecule has 7 nitrogen and oxygen atoms in total. The number of benzene rings is 5. The Hall–Kier alpha value is -4.60. The Labute approximate surface area is 341 Å². The van der Waals surface area contributed by atoms with Gasteiger partial charge in [-0.1, -0.05) is 79.2 Å². The number of hydrogen-bond donors (Lipinski definition) is 0. The number of sulfone groups is 2. The van der Waals surface area contributed by atoms with Crippen molar-refractivity contribution in [3.8, 4) is 23.0 Å². The largest absolute Gasteiger partial charge is 0.488 e. The first-order valence-corrected chi connectivity index (χ1v) is 22.3. The SMILES string of the molecule is CCC(C)(C)C(C)(C)c1ccc(S(=O)(=O)c2ccc(OC(C)(C)C(C)(C)c3ccc(S(=O)(=O)c4ccc(Oc5ccc(OC(C)(C)C)cc5)cc4)cc3)cc2)cc1. The quantitative estimate of drug-likeness (QED) is 0.110. The van der Waals surface area contributed by atoms with E-state index >= 15 is 0 Å². The molecule has 0 aliphatic rings. The van der Waals surface area contributed by atoms with E-state index in [1.165, 1.54) is 0 Å². The normalized spacial score (nSPS) is 13.3. The zero-order chi connectivity index (χ0) is 42.2. The lowest BCUT2D eigenvalue weighted by atomic mass is 9.63. The summed E-state index contributed by atoms with van der Waals surface area (Å²) in [6.07, 6.45) is 0.999. The summed E-state index contributed by atoms with van der Waals surface area (Å²) < 4.78 is 72.8. The minimum atomic E-state index is -3.80. The van der Waals surface area contributed by atoms with Crippen molar-refractivity contribution in [1.29, 1.82) is 0 Å². The van der Waals surface area contributed by atoms with E-state index < -0.39 is 30.7 Å². The average Bonchev–Trinajstić information content (AvgIpc) is 3.15. The van der Waals surface area contributed by atoms with Crippen molar-refractivity contribution in [2.75, 3.05) is 0 Å². The summed E-state index contributed by atoms with van der Waals surface area (Å²) in [7, 11) is -7.55. The van der Waals surface area contributed by atoms with Crippen molar-refractivity contribution in [2.45, 2.75) is 131 Å². The van der Waals surface area contributed by atoms with Gasteiger partial charge in [-0.05, 0) is 154 Å². The first-order valence-electron chi connectivity index (χ1n) is 19.4. The van der Waals surface area contributed by atoms with E-state index in [2.05, 4.69) is 34.6 Å². The van der Waals surface area contributed by atoms with Gasteiger partial charge in [0.05, 0.1) is 19.6 Å². The minimum Gasteiger partial charge on any atom is -0.488 e. The molecule has 0 saturated heterocycles. The van der Waals surface area contributed by atoms with Crippen LogP contribution < -0.4 is 14.2 Å². The summed E-state index contributed by atoms with van der Waals surface area (Å²) in [5.74, 6) is 2.37. The van der Waals surface area contributed by atoms with Crippen molar-refractivity contribution >= 4 is 19.7 Å². The van der Waals surface area contributed by atoms with Crippen molar-refractivity contribution in [3.05, 3.63) is 132 Å². The van der Waals surface area contributed by atoms with Crippen LogP contribution in [0.15, 0.2) is 141 Å². The topological polar surface area (TPSA) is 96.0 Å². The summed E-state index contributed by atoms with van der Waals surface area (Å²) >= 11 is 0. The maximum Gasteiger partial charge on any atom is 0.206 e. The van der Waals surface area contributed by atoms with Crippen LogP contribution in [-0.2, 0) is 30.5 Å². The second-order valence-corrected chi connectivity index (χ2v) is 21.8. The molecule has 57 heavy (non-hydrogen) atoms. The summed E-state index contributed by atoms with van der Waals surface area (Å²) in [4.78, 5) is 0.752. The third-order valence-electron chi connectivity index (χ3n) is 12.0. The Kier molecular flexibility index (Phi) is 11.9. The van der Waals surface area contributed by atoms with Gasteiger partial charge in [0.2, 0.25) is 19.7 Å². The molecule has 0 N–H and O–H groups in total. The van der Waals surface area contributed by atoms with E-state index in [1.54, 1.807) is 84.9 Å². The van der Waals surface area contributed by atoms with Gasteiger partial charge in [0.1, 0.15) is 34.2 Å². The molecule has 0 bridgehead atoms. The molecule has 5 rings (SSSR count). The van der Waals surface area contributed by atoms with Gasteiger partial charge >= 0.3 is 0 Å². The third kappa shape index (κ3) is 9.26. The predicted molar refractivity (Wildman–Crippen MR) is 228 cm³/mol. The van der Waals surface area contributed by atoms with Crippen LogP contribution in [0.1, 0.15) is 101 Å². The fourth-order valence-electron chi connectivity index (χ4n) is 6.42. The molecular formula is C48H58O7S2. The lowest BCUT2D eigenvalue weighted by Gasteiger charge is -2.42. The number of hydrogen-bond acceptors (Lipinski definition) is 7. The highest BCUT2D eigenvalue weighted by atomic mass is 32.2. The van der Waals surface area contributed by atoms with Crippen molar-refractivity contribution in [2.24, 2.45) is 5.41 Å². The van der Waals surface area contributed by atoms with Crippen LogP contribution in [0.3, 0.4) is 0 Å². The molecule has 0 heterocycles. The standard InChI is InChI=1S/C48H58O7S2/c1-13-45(5,6)46(7,8)34-14-26-40(27-15-34)57(51,52)43-32-24-39(25-33-43)55-48(11,12)47(9,10)35-16-28-41(29-17-35)56(49,50)42-30-22-37(23-31-42)53-36-18-20-38(21-19-36)54-44(2,3)4/h14-33H,13H2,1-12H3. The van der Waals surface area contributed by atoms with Gasteiger partial charge in [0.15, 0.2) is 0 Å². The van der Waals surface area contributed by atoms with Crippen LogP contribution in [0.25, 0.3) is 0 Å². The van der Waals surface area contributed by atoms with E-state index in [9.17, 15) is 16.8 Å². The van der Waals surface area contributed by atoms with Gasteiger partial charge in [0.25, 0.3) is 0 Å². The third-order valence-corrected chi connectivity index (χ3v) is 15.5. The molecule has 5 aromatic rings. The van der Waals surface area contributed by atoms with Gasteiger partial charge in [-0.15, -0.1) is 0 Å². The van der Waals surface area contributed by atoms with E-state index in [-0.39, 0.29) is 36.0 Å². The fourth-order valence-corrected chi connectivity index (χ4v) is 8.94. The lowest BCUT2D eigenvalue weighted by Crippen LogP contribution is -2.47. The van der Waals surface area contributed by atoms with Gasteiger partial charge in [-0.2, -0.15) is 0 Å². The van der Waals surface area contributed by atoms with Crippen LogP contribution in [0, 0.1) is 5.41 Å². The second kappa shape index (κ2) is 15.6. The van der Waals surface area contributed by atoms with Gasteiger partial charge in [-0.25, -0.2) is 16.8 Å². The molecule has 0 radical (unpaired) electrons. The number of rotatable bonds is 14. The van der Waals surface area contributed by atoms with E-state index in [1.807, 2.05) is 84.9 Å². The highest BCUT2D eigenvalue weighted by Gasteiger charge is 2.41. The van der Waals surface area contributed by atoms with Crippen LogP contribution in [0.4, 0.5) is 0 Å². The zero-order valence-electron chi connectivity index (χ0n) is 35.4. The molecule has 0 spiro atoms.